The minimum atomic E-state index is -3.57. The number of ether oxygens (including phenoxy) is 1. The summed E-state index contributed by atoms with van der Waals surface area (Å²) in [5.74, 6) is 0.165. The molecule has 0 aliphatic carbocycles. The summed E-state index contributed by atoms with van der Waals surface area (Å²) in [5, 5.41) is 2.86. The van der Waals surface area contributed by atoms with Gasteiger partial charge in [0, 0.05) is 37.0 Å². The van der Waals surface area contributed by atoms with Crippen molar-refractivity contribution in [1.82, 2.24) is 13.9 Å². The van der Waals surface area contributed by atoms with Gasteiger partial charge in [0.1, 0.15) is 12.4 Å². The highest BCUT2D eigenvalue weighted by atomic mass is 32.2. The van der Waals surface area contributed by atoms with Crippen molar-refractivity contribution < 1.29 is 26.4 Å². The van der Waals surface area contributed by atoms with Gasteiger partial charge in [-0.3, -0.25) is 4.79 Å². The van der Waals surface area contributed by atoms with Crippen LogP contribution in [0.3, 0.4) is 0 Å². The van der Waals surface area contributed by atoms with Gasteiger partial charge >= 0.3 is 0 Å². The van der Waals surface area contributed by atoms with Gasteiger partial charge in [0.15, 0.2) is 0 Å². The topological polar surface area (TPSA) is 113 Å². The Morgan fingerprint density at radius 2 is 1.37 bits per heavy atom. The second-order valence-corrected chi connectivity index (χ2v) is 14.2. The first-order valence-electron chi connectivity index (χ1n) is 12.9. The summed E-state index contributed by atoms with van der Waals surface area (Å²) in [6.45, 7) is 2.25. The average Bonchev–Trinajstić information content (AvgIpc) is 2.96. The van der Waals surface area contributed by atoms with Crippen molar-refractivity contribution in [2.45, 2.75) is 46.8 Å². The van der Waals surface area contributed by atoms with Gasteiger partial charge in [0.25, 0.3) is 0 Å². The molecular formula is C26H35N3O6S3. The van der Waals surface area contributed by atoms with E-state index in [1.165, 1.54) is 8.61 Å². The first-order valence-corrected chi connectivity index (χ1v) is 17.0. The number of hydrogen-bond donors (Lipinski definition) is 1. The first-order chi connectivity index (χ1) is 18.2. The standard InChI is InChI=1S/C26H35N3O6S3/c1-36-23-7-11-25(12-8-23)38(33,34)29-18-13-21(14-19-29)26(30)27-15-20-35-22-5-9-24(10-6-22)37(31,32)28-16-3-2-4-17-28/h5-12,21H,2-4,13-20H2,1H3,(H,27,30). The summed E-state index contributed by atoms with van der Waals surface area (Å²) in [7, 11) is -7.06. The average molecular weight is 582 g/mol. The zero-order valence-electron chi connectivity index (χ0n) is 21.5. The van der Waals surface area contributed by atoms with Gasteiger partial charge in [-0.1, -0.05) is 6.42 Å². The van der Waals surface area contributed by atoms with E-state index in [1.54, 1.807) is 60.3 Å². The zero-order valence-corrected chi connectivity index (χ0v) is 24.0. The number of nitrogens with zero attached hydrogens (tertiary/aromatic N) is 2. The molecule has 2 saturated heterocycles. The Labute approximate surface area is 230 Å². The zero-order chi connectivity index (χ0) is 27.2. The van der Waals surface area contributed by atoms with Crippen LogP contribution in [0, 0.1) is 5.92 Å². The highest BCUT2D eigenvalue weighted by Crippen LogP contribution is 2.26. The molecule has 2 fully saturated rings. The van der Waals surface area contributed by atoms with Crippen LogP contribution in [0.2, 0.25) is 0 Å². The quantitative estimate of drug-likeness (QED) is 0.339. The lowest BCUT2D eigenvalue weighted by Gasteiger charge is -2.30. The molecule has 208 valence electrons. The first kappa shape index (κ1) is 28.9. The number of rotatable bonds is 10. The smallest absolute Gasteiger partial charge is 0.243 e. The maximum atomic E-state index is 12.9. The number of carbonyl (C=O) groups is 1. The van der Waals surface area contributed by atoms with Crippen molar-refractivity contribution >= 4 is 37.7 Å². The normalized spacial score (nSPS) is 18.2. The lowest BCUT2D eigenvalue weighted by molar-refractivity contribution is -0.126. The van der Waals surface area contributed by atoms with E-state index in [0.717, 1.165) is 24.2 Å². The minimum absolute atomic E-state index is 0.113. The number of benzene rings is 2. The fraction of sp³-hybridized carbons (Fsp3) is 0.500. The monoisotopic (exact) mass is 581 g/mol. The summed E-state index contributed by atoms with van der Waals surface area (Å²) in [6.07, 6.45) is 5.69. The number of thioether (sulfide) groups is 1. The van der Waals surface area contributed by atoms with Crippen molar-refractivity contribution in [2.24, 2.45) is 5.92 Å². The number of amides is 1. The molecule has 9 nitrogen and oxygen atoms in total. The van der Waals surface area contributed by atoms with Crippen LogP contribution in [0.4, 0.5) is 0 Å². The molecule has 1 N–H and O–H groups in total. The molecule has 0 unspecified atom stereocenters. The van der Waals surface area contributed by atoms with Gasteiger partial charge in [0.05, 0.1) is 16.3 Å². The summed E-state index contributed by atoms with van der Waals surface area (Å²) in [4.78, 5) is 14.1. The Kier molecular flexibility index (Phi) is 9.74. The van der Waals surface area contributed by atoms with Gasteiger partial charge in [0.2, 0.25) is 26.0 Å². The lowest BCUT2D eigenvalue weighted by Crippen LogP contribution is -2.43. The van der Waals surface area contributed by atoms with Gasteiger partial charge in [-0.15, -0.1) is 11.8 Å². The SMILES string of the molecule is CSc1ccc(S(=O)(=O)N2CCC(C(=O)NCCOc3ccc(S(=O)(=O)N4CCCCC4)cc3)CC2)cc1. The predicted molar refractivity (Wildman–Crippen MR) is 147 cm³/mol. The number of sulfonamides is 2. The van der Waals surface area contributed by atoms with Crippen molar-refractivity contribution in [3.05, 3.63) is 48.5 Å². The maximum absolute atomic E-state index is 12.9. The Morgan fingerprint density at radius 1 is 0.842 bits per heavy atom. The van der Waals surface area contributed by atoms with E-state index in [2.05, 4.69) is 5.32 Å². The number of piperidine rings is 2. The molecule has 2 heterocycles. The number of nitrogens with one attached hydrogen (secondary N) is 1. The number of carbonyl (C=O) groups excluding carboxylic acids is 1. The van der Waals surface area contributed by atoms with E-state index in [1.807, 2.05) is 6.26 Å². The van der Waals surface area contributed by atoms with Crippen molar-refractivity contribution in [1.29, 1.82) is 0 Å². The van der Waals surface area contributed by atoms with Crippen LogP contribution in [-0.4, -0.2) is 76.9 Å². The Morgan fingerprint density at radius 3 is 1.92 bits per heavy atom. The summed E-state index contributed by atoms with van der Waals surface area (Å²) < 4.78 is 60.0. The lowest BCUT2D eigenvalue weighted by atomic mass is 9.97. The van der Waals surface area contributed by atoms with Crippen molar-refractivity contribution in [2.75, 3.05) is 45.6 Å². The maximum Gasteiger partial charge on any atom is 0.243 e. The third-order valence-corrected chi connectivity index (χ3v) is 11.5. The molecule has 2 aliphatic rings. The summed E-state index contributed by atoms with van der Waals surface area (Å²) in [5.41, 5.74) is 0. The molecule has 0 bridgehead atoms. The van der Waals surface area contributed by atoms with Gasteiger partial charge < -0.3 is 10.1 Å². The molecule has 4 rings (SSSR count). The Balaban J connectivity index is 1.19. The molecule has 2 aromatic carbocycles. The molecule has 2 aromatic rings. The molecule has 0 atom stereocenters. The summed E-state index contributed by atoms with van der Waals surface area (Å²) >= 11 is 1.55. The third kappa shape index (κ3) is 6.90. The summed E-state index contributed by atoms with van der Waals surface area (Å²) in [6, 6.07) is 13.2. The largest absolute Gasteiger partial charge is 0.492 e. The third-order valence-electron chi connectivity index (χ3n) is 6.97. The highest BCUT2D eigenvalue weighted by Gasteiger charge is 2.32. The van der Waals surface area contributed by atoms with E-state index in [0.29, 0.717) is 51.3 Å². The predicted octanol–water partition coefficient (Wildman–Crippen LogP) is 3.18. The van der Waals surface area contributed by atoms with Gasteiger partial charge in [-0.05, 0) is 80.5 Å². The number of hydrogen-bond acceptors (Lipinski definition) is 7. The van der Waals surface area contributed by atoms with Crippen LogP contribution < -0.4 is 10.1 Å². The highest BCUT2D eigenvalue weighted by molar-refractivity contribution is 7.98. The molecule has 0 saturated carbocycles. The van der Waals surface area contributed by atoms with Crippen molar-refractivity contribution in [3.63, 3.8) is 0 Å². The van der Waals surface area contributed by atoms with E-state index in [4.69, 9.17) is 4.74 Å². The van der Waals surface area contributed by atoms with E-state index in [-0.39, 0.29) is 28.2 Å². The molecule has 0 radical (unpaired) electrons. The van der Waals surface area contributed by atoms with Crippen LogP contribution in [0.1, 0.15) is 32.1 Å². The molecule has 12 heteroatoms. The fourth-order valence-corrected chi connectivity index (χ4v) is 8.10. The second kappa shape index (κ2) is 12.8. The van der Waals surface area contributed by atoms with Crippen LogP contribution in [0.15, 0.2) is 63.2 Å². The molecule has 0 aromatic heterocycles. The molecule has 1 amide bonds. The Hall–Kier alpha value is -2.12. The van der Waals surface area contributed by atoms with E-state index in [9.17, 15) is 21.6 Å². The van der Waals surface area contributed by atoms with Crippen molar-refractivity contribution in [3.8, 4) is 5.75 Å². The Bertz CT molecular complexity index is 1280. The minimum Gasteiger partial charge on any atom is -0.492 e. The van der Waals surface area contributed by atoms with Gasteiger partial charge in [-0.2, -0.15) is 8.61 Å². The van der Waals surface area contributed by atoms with Crippen LogP contribution in [0.25, 0.3) is 0 Å². The molecule has 0 spiro atoms. The van der Waals surface area contributed by atoms with Crippen LogP contribution in [-0.2, 0) is 24.8 Å². The van der Waals surface area contributed by atoms with Crippen LogP contribution in [0.5, 0.6) is 5.75 Å². The fourth-order valence-electron chi connectivity index (χ4n) is 4.70. The molecular weight excluding hydrogens is 547 g/mol. The van der Waals surface area contributed by atoms with Crippen LogP contribution >= 0.6 is 11.8 Å². The van der Waals surface area contributed by atoms with E-state index >= 15 is 0 Å². The molecule has 38 heavy (non-hydrogen) atoms. The van der Waals surface area contributed by atoms with E-state index < -0.39 is 20.0 Å². The molecule has 2 aliphatic heterocycles. The van der Waals surface area contributed by atoms with Gasteiger partial charge in [-0.25, -0.2) is 16.8 Å². The second-order valence-electron chi connectivity index (χ2n) is 9.43.